The molecule has 2 heterocycles. The van der Waals surface area contributed by atoms with Gasteiger partial charge < -0.3 is 14.8 Å². The summed E-state index contributed by atoms with van der Waals surface area (Å²) in [6, 6.07) is 12.9. The summed E-state index contributed by atoms with van der Waals surface area (Å²) >= 11 is 0. The largest absolute Gasteiger partial charge is 0.486 e. The van der Waals surface area contributed by atoms with E-state index < -0.39 is 0 Å². The van der Waals surface area contributed by atoms with E-state index in [9.17, 15) is 9.59 Å². The number of hydrogen-bond donors (Lipinski definition) is 1. The van der Waals surface area contributed by atoms with Gasteiger partial charge in [0.05, 0.1) is 24.7 Å². The molecule has 0 radical (unpaired) electrons. The van der Waals surface area contributed by atoms with Gasteiger partial charge in [0.25, 0.3) is 0 Å². The minimum absolute atomic E-state index is 0. The molecule has 0 atom stereocenters. The van der Waals surface area contributed by atoms with Crippen molar-refractivity contribution in [2.24, 2.45) is 0 Å². The van der Waals surface area contributed by atoms with Crippen molar-refractivity contribution in [1.29, 1.82) is 0 Å². The molecule has 1 fully saturated rings. The molecule has 0 aliphatic carbocycles. The fraction of sp³-hybridized carbons (Fsp3) is 0.333. The molecule has 0 amide bonds. The van der Waals surface area contributed by atoms with Crippen LogP contribution < -0.4 is 10.1 Å². The third kappa shape index (κ3) is 3.70. The highest BCUT2D eigenvalue weighted by atomic mass is 35.5. The summed E-state index contributed by atoms with van der Waals surface area (Å²) in [4.78, 5) is 24.5. The first-order valence-corrected chi connectivity index (χ1v) is 8.86. The fourth-order valence-corrected chi connectivity index (χ4v) is 3.78. The van der Waals surface area contributed by atoms with Crippen molar-refractivity contribution in [1.82, 2.24) is 5.32 Å². The van der Waals surface area contributed by atoms with Gasteiger partial charge in [0.1, 0.15) is 11.4 Å². The topological polar surface area (TPSA) is 64.6 Å². The van der Waals surface area contributed by atoms with Gasteiger partial charge in [-0.05, 0) is 48.5 Å². The second kappa shape index (κ2) is 7.71. The van der Waals surface area contributed by atoms with Crippen LogP contribution in [0.2, 0.25) is 0 Å². The van der Waals surface area contributed by atoms with E-state index in [4.69, 9.17) is 9.47 Å². The second-order valence-electron chi connectivity index (χ2n) is 6.92. The Morgan fingerprint density at radius 1 is 1.11 bits per heavy atom. The number of hydrogen-bond acceptors (Lipinski definition) is 5. The zero-order chi connectivity index (χ0) is 18.1. The number of fused-ring (bicyclic) bond motifs is 1. The summed E-state index contributed by atoms with van der Waals surface area (Å²) in [6.07, 6.45) is 2.12. The number of benzene rings is 2. The molecule has 1 N–H and O–H groups in total. The Bertz CT molecular complexity index is 874. The monoisotopic (exact) mass is 387 g/mol. The zero-order valence-corrected chi connectivity index (χ0v) is 15.9. The molecule has 2 aliphatic heterocycles. The highest BCUT2D eigenvalue weighted by Crippen LogP contribution is 2.39. The van der Waals surface area contributed by atoms with Gasteiger partial charge in [0.2, 0.25) is 0 Å². The van der Waals surface area contributed by atoms with Crippen LogP contribution in [0.1, 0.15) is 40.0 Å². The second-order valence-corrected chi connectivity index (χ2v) is 6.92. The highest BCUT2D eigenvalue weighted by Gasteiger charge is 2.41. The lowest BCUT2D eigenvalue weighted by Crippen LogP contribution is -2.49. The Morgan fingerprint density at radius 3 is 2.59 bits per heavy atom. The third-order valence-electron chi connectivity index (χ3n) is 5.22. The number of piperidine rings is 1. The first-order valence-electron chi connectivity index (χ1n) is 8.86. The van der Waals surface area contributed by atoms with Crippen molar-refractivity contribution in [2.75, 3.05) is 20.2 Å². The summed E-state index contributed by atoms with van der Waals surface area (Å²) < 4.78 is 11.0. The average molecular weight is 388 g/mol. The molecule has 2 aromatic rings. The van der Waals surface area contributed by atoms with E-state index in [-0.39, 0.29) is 29.8 Å². The van der Waals surface area contributed by atoms with E-state index >= 15 is 0 Å². The van der Waals surface area contributed by atoms with E-state index in [1.807, 2.05) is 30.3 Å². The van der Waals surface area contributed by atoms with Crippen LogP contribution in [-0.2, 0) is 4.74 Å². The lowest BCUT2D eigenvalue weighted by atomic mass is 9.82. The molecule has 0 unspecified atom stereocenters. The first kappa shape index (κ1) is 19.4. The SMILES string of the molecule is COC(=O)c1cccc(-c2ccc3c(c2)C(=O)CC2(CCNCC2)O3)c1.Cl. The van der Waals surface area contributed by atoms with E-state index in [1.54, 1.807) is 12.1 Å². The van der Waals surface area contributed by atoms with Gasteiger partial charge in [-0.2, -0.15) is 0 Å². The molecule has 142 valence electrons. The number of carbonyl (C=O) groups is 2. The number of ether oxygens (including phenoxy) is 2. The lowest BCUT2D eigenvalue weighted by Gasteiger charge is -2.41. The molecule has 0 bridgehead atoms. The van der Waals surface area contributed by atoms with Crippen LogP contribution in [-0.4, -0.2) is 37.6 Å². The molecule has 0 aromatic heterocycles. The fourth-order valence-electron chi connectivity index (χ4n) is 3.78. The van der Waals surface area contributed by atoms with Crippen molar-refractivity contribution < 1.29 is 19.1 Å². The highest BCUT2D eigenvalue weighted by molar-refractivity contribution is 6.01. The zero-order valence-electron chi connectivity index (χ0n) is 15.1. The van der Waals surface area contributed by atoms with Gasteiger partial charge in [-0.1, -0.05) is 18.2 Å². The van der Waals surface area contributed by atoms with Crippen molar-refractivity contribution in [3.05, 3.63) is 53.6 Å². The molecule has 0 saturated carbocycles. The van der Waals surface area contributed by atoms with Gasteiger partial charge in [-0.15, -0.1) is 12.4 Å². The number of esters is 1. The molecule has 2 aliphatic rings. The van der Waals surface area contributed by atoms with Gasteiger partial charge in [-0.25, -0.2) is 4.79 Å². The van der Waals surface area contributed by atoms with Gasteiger partial charge in [0, 0.05) is 12.8 Å². The van der Waals surface area contributed by atoms with Gasteiger partial charge in [-0.3, -0.25) is 4.79 Å². The molecule has 1 spiro atoms. The van der Waals surface area contributed by atoms with Crippen LogP contribution in [0.5, 0.6) is 5.75 Å². The van der Waals surface area contributed by atoms with E-state index in [0.29, 0.717) is 23.3 Å². The van der Waals surface area contributed by atoms with Crippen LogP contribution in [0.25, 0.3) is 11.1 Å². The molecular formula is C21H22ClNO4. The van der Waals surface area contributed by atoms with Crippen molar-refractivity contribution in [2.45, 2.75) is 24.9 Å². The Labute approximate surface area is 164 Å². The quantitative estimate of drug-likeness (QED) is 0.797. The Hall–Kier alpha value is -2.37. The maximum atomic E-state index is 12.8. The summed E-state index contributed by atoms with van der Waals surface area (Å²) in [5.41, 5.74) is 2.49. The number of rotatable bonds is 2. The van der Waals surface area contributed by atoms with Crippen LogP contribution in [0.4, 0.5) is 0 Å². The smallest absolute Gasteiger partial charge is 0.337 e. The van der Waals surface area contributed by atoms with Crippen LogP contribution in [0, 0.1) is 0 Å². The van der Waals surface area contributed by atoms with Crippen LogP contribution in [0.3, 0.4) is 0 Å². The number of Topliss-reactive ketones (excluding diaryl/α,β-unsaturated/α-hetero) is 1. The van der Waals surface area contributed by atoms with E-state index in [2.05, 4.69) is 5.32 Å². The van der Waals surface area contributed by atoms with Crippen molar-refractivity contribution >= 4 is 24.2 Å². The Morgan fingerprint density at radius 2 is 1.85 bits per heavy atom. The van der Waals surface area contributed by atoms with Crippen molar-refractivity contribution in [3.8, 4) is 16.9 Å². The van der Waals surface area contributed by atoms with Gasteiger partial charge in [0.15, 0.2) is 5.78 Å². The number of nitrogens with one attached hydrogen (secondary N) is 1. The molecule has 6 heteroatoms. The Balaban J connectivity index is 0.00000210. The van der Waals surface area contributed by atoms with Crippen molar-refractivity contribution in [3.63, 3.8) is 0 Å². The number of carbonyl (C=O) groups excluding carboxylic acids is 2. The molecule has 27 heavy (non-hydrogen) atoms. The third-order valence-corrected chi connectivity index (χ3v) is 5.22. The summed E-state index contributed by atoms with van der Waals surface area (Å²) in [5.74, 6) is 0.409. The lowest BCUT2D eigenvalue weighted by molar-refractivity contribution is 0.0187. The van der Waals surface area contributed by atoms with E-state index in [1.165, 1.54) is 7.11 Å². The predicted molar refractivity (Wildman–Crippen MR) is 105 cm³/mol. The summed E-state index contributed by atoms with van der Waals surface area (Å²) in [6.45, 7) is 1.75. The minimum atomic E-state index is -0.378. The maximum Gasteiger partial charge on any atom is 0.337 e. The molecule has 2 aromatic carbocycles. The van der Waals surface area contributed by atoms with Gasteiger partial charge >= 0.3 is 5.97 Å². The molecule has 5 nitrogen and oxygen atoms in total. The normalized spacial score (nSPS) is 17.4. The Kier molecular flexibility index (Phi) is 5.53. The summed E-state index contributed by atoms with van der Waals surface area (Å²) in [7, 11) is 1.36. The molecule has 4 rings (SSSR count). The van der Waals surface area contributed by atoms with Crippen LogP contribution in [0.15, 0.2) is 42.5 Å². The molecular weight excluding hydrogens is 366 g/mol. The van der Waals surface area contributed by atoms with Crippen LogP contribution >= 0.6 is 12.4 Å². The average Bonchev–Trinajstić information content (AvgIpc) is 2.68. The van der Waals surface area contributed by atoms with E-state index in [0.717, 1.165) is 37.1 Å². The number of methoxy groups -OCH3 is 1. The maximum absolute atomic E-state index is 12.8. The first-order chi connectivity index (χ1) is 12.6. The summed E-state index contributed by atoms with van der Waals surface area (Å²) in [5, 5.41) is 3.32. The number of ketones is 1. The minimum Gasteiger partial charge on any atom is -0.486 e. The molecule has 1 saturated heterocycles. The predicted octanol–water partition coefficient (Wildman–Crippen LogP) is 3.65. The standard InChI is InChI=1S/C21H21NO4.ClH/c1-25-20(24)16-4-2-3-14(11-16)15-5-6-19-17(12-15)18(23)13-21(26-19)7-9-22-10-8-21;/h2-6,11-12,22H,7-10,13H2,1H3;1H. The number of halogens is 1.